The first-order valence-electron chi connectivity index (χ1n) is 7.71. The summed E-state index contributed by atoms with van der Waals surface area (Å²) in [4.78, 5) is 12.2. The molecule has 24 heavy (non-hydrogen) atoms. The lowest BCUT2D eigenvalue weighted by Crippen LogP contribution is -2.27. The van der Waals surface area contributed by atoms with Crippen molar-refractivity contribution in [3.8, 4) is 0 Å². The van der Waals surface area contributed by atoms with Crippen molar-refractivity contribution in [2.24, 2.45) is 0 Å². The van der Waals surface area contributed by atoms with Gasteiger partial charge in [0.1, 0.15) is 0 Å². The van der Waals surface area contributed by atoms with Crippen LogP contribution in [0, 0.1) is 6.92 Å². The van der Waals surface area contributed by atoms with Gasteiger partial charge in [0.15, 0.2) is 9.84 Å². The van der Waals surface area contributed by atoms with Crippen molar-refractivity contribution in [3.63, 3.8) is 0 Å². The van der Waals surface area contributed by atoms with Crippen LogP contribution < -0.4 is 10.6 Å². The zero-order chi connectivity index (χ0) is 17.7. The predicted molar refractivity (Wildman–Crippen MR) is 96.1 cm³/mol. The molecule has 0 aromatic heterocycles. The molecule has 2 aromatic rings. The highest BCUT2D eigenvalue weighted by Crippen LogP contribution is 2.21. The molecule has 0 aliphatic rings. The quantitative estimate of drug-likeness (QED) is 0.843. The smallest absolute Gasteiger partial charge is 0.251 e. The number of sulfone groups is 1. The molecule has 128 valence electrons. The van der Waals surface area contributed by atoms with E-state index in [1.807, 2.05) is 19.9 Å². The third kappa shape index (κ3) is 4.14. The molecule has 2 N–H and O–H groups in total. The average Bonchev–Trinajstić information content (AvgIpc) is 2.56. The van der Waals surface area contributed by atoms with Crippen LogP contribution >= 0.6 is 0 Å². The molecule has 1 atom stereocenters. The summed E-state index contributed by atoms with van der Waals surface area (Å²) >= 11 is 0. The van der Waals surface area contributed by atoms with Gasteiger partial charge in [-0.15, -0.1) is 0 Å². The number of benzene rings is 2. The maximum atomic E-state index is 12.4. The van der Waals surface area contributed by atoms with Crippen molar-refractivity contribution in [2.45, 2.75) is 24.8 Å². The Morgan fingerprint density at radius 3 is 2.38 bits per heavy atom. The van der Waals surface area contributed by atoms with E-state index in [0.29, 0.717) is 10.5 Å². The van der Waals surface area contributed by atoms with Crippen molar-refractivity contribution < 1.29 is 13.2 Å². The third-order valence-electron chi connectivity index (χ3n) is 3.78. The van der Waals surface area contributed by atoms with Crippen molar-refractivity contribution in [2.75, 3.05) is 18.1 Å². The normalized spacial score (nSPS) is 12.5. The van der Waals surface area contributed by atoms with E-state index in [9.17, 15) is 13.2 Å². The molecule has 0 unspecified atom stereocenters. The van der Waals surface area contributed by atoms with Crippen molar-refractivity contribution in [1.29, 1.82) is 0 Å². The minimum atomic E-state index is -3.37. The number of hydrogen-bond donors (Lipinski definition) is 2. The van der Waals surface area contributed by atoms with Crippen molar-refractivity contribution in [1.82, 2.24) is 5.32 Å². The van der Waals surface area contributed by atoms with Gasteiger partial charge in [-0.05, 0) is 43.7 Å². The zero-order valence-corrected chi connectivity index (χ0v) is 14.9. The molecular formula is C18H22N2O3S. The first-order valence-corrected chi connectivity index (χ1v) is 9.36. The Labute approximate surface area is 143 Å². The SMILES string of the molecule is CNC(=O)c1cccc(N[C@H](C)CS(=O)(=O)c2ccccc2)c1C. The monoisotopic (exact) mass is 346 g/mol. The number of nitrogens with one attached hydrogen (secondary N) is 2. The van der Waals surface area contributed by atoms with Crippen LogP contribution in [0.15, 0.2) is 53.4 Å². The van der Waals surface area contributed by atoms with Crippen molar-refractivity contribution >= 4 is 21.4 Å². The number of rotatable bonds is 6. The van der Waals surface area contributed by atoms with Gasteiger partial charge in [-0.3, -0.25) is 4.79 Å². The molecule has 0 spiro atoms. The van der Waals surface area contributed by atoms with E-state index in [2.05, 4.69) is 10.6 Å². The van der Waals surface area contributed by atoms with E-state index in [4.69, 9.17) is 0 Å². The average molecular weight is 346 g/mol. The molecular weight excluding hydrogens is 324 g/mol. The molecule has 2 aromatic carbocycles. The minimum Gasteiger partial charge on any atom is -0.381 e. The molecule has 0 heterocycles. The summed E-state index contributed by atoms with van der Waals surface area (Å²) in [6.07, 6.45) is 0. The lowest BCUT2D eigenvalue weighted by Gasteiger charge is -2.18. The Morgan fingerprint density at radius 2 is 1.75 bits per heavy atom. The summed E-state index contributed by atoms with van der Waals surface area (Å²) in [6.45, 7) is 3.65. The highest BCUT2D eigenvalue weighted by Gasteiger charge is 2.19. The summed E-state index contributed by atoms with van der Waals surface area (Å²) < 4.78 is 24.9. The van der Waals surface area contributed by atoms with Crippen LogP contribution in [0.3, 0.4) is 0 Å². The van der Waals surface area contributed by atoms with Gasteiger partial charge in [0.2, 0.25) is 0 Å². The highest BCUT2D eigenvalue weighted by atomic mass is 32.2. The van der Waals surface area contributed by atoms with Crippen LogP contribution in [-0.4, -0.2) is 33.2 Å². The number of carbonyl (C=O) groups is 1. The Morgan fingerprint density at radius 1 is 1.08 bits per heavy atom. The molecule has 0 radical (unpaired) electrons. The molecule has 0 aliphatic carbocycles. The van der Waals surface area contributed by atoms with E-state index >= 15 is 0 Å². The first-order chi connectivity index (χ1) is 11.3. The number of amides is 1. The predicted octanol–water partition coefficient (Wildman–Crippen LogP) is 2.63. The fraction of sp³-hybridized carbons (Fsp3) is 0.278. The number of carbonyl (C=O) groups excluding carboxylic acids is 1. The Kier molecular flexibility index (Phi) is 5.62. The second-order valence-corrected chi connectivity index (χ2v) is 7.73. The summed E-state index contributed by atoms with van der Waals surface area (Å²) in [5, 5.41) is 5.80. The van der Waals surface area contributed by atoms with Gasteiger partial charge in [-0.25, -0.2) is 8.42 Å². The largest absolute Gasteiger partial charge is 0.381 e. The van der Waals surface area contributed by atoms with E-state index in [0.717, 1.165) is 11.3 Å². The summed E-state index contributed by atoms with van der Waals surface area (Å²) in [7, 11) is -1.79. The molecule has 6 heteroatoms. The van der Waals surface area contributed by atoms with Crippen LogP contribution in [0.4, 0.5) is 5.69 Å². The van der Waals surface area contributed by atoms with Gasteiger partial charge in [-0.2, -0.15) is 0 Å². The van der Waals surface area contributed by atoms with Gasteiger partial charge < -0.3 is 10.6 Å². The summed E-state index contributed by atoms with van der Waals surface area (Å²) in [5.74, 6) is -0.193. The van der Waals surface area contributed by atoms with E-state index in [1.165, 1.54) is 0 Å². The fourth-order valence-corrected chi connectivity index (χ4v) is 4.04. The standard InChI is InChI=1S/C18H22N2O3S/c1-13(12-24(22,23)15-8-5-4-6-9-15)20-17-11-7-10-16(14(17)2)18(21)19-3/h4-11,13,20H,12H2,1-3H3,(H,19,21)/t13-/m1/s1. The second kappa shape index (κ2) is 7.49. The lowest BCUT2D eigenvalue weighted by atomic mass is 10.1. The van der Waals surface area contributed by atoms with Crippen LogP contribution in [0.2, 0.25) is 0 Å². The molecule has 0 saturated heterocycles. The van der Waals surface area contributed by atoms with E-state index in [-0.39, 0.29) is 17.7 Å². The molecule has 1 amide bonds. The Balaban J connectivity index is 2.16. The lowest BCUT2D eigenvalue weighted by molar-refractivity contribution is 0.0962. The molecule has 0 fully saturated rings. The maximum absolute atomic E-state index is 12.4. The van der Waals surface area contributed by atoms with Gasteiger partial charge in [-0.1, -0.05) is 24.3 Å². The number of anilines is 1. The first kappa shape index (κ1) is 18.0. The second-order valence-electron chi connectivity index (χ2n) is 5.70. The van der Waals surface area contributed by atoms with Crippen LogP contribution in [0.25, 0.3) is 0 Å². The minimum absolute atomic E-state index is 0.0271. The molecule has 5 nitrogen and oxygen atoms in total. The van der Waals surface area contributed by atoms with Gasteiger partial charge in [0.25, 0.3) is 5.91 Å². The molecule has 0 bridgehead atoms. The van der Waals surface area contributed by atoms with Gasteiger partial charge in [0.05, 0.1) is 10.6 Å². The van der Waals surface area contributed by atoms with Crippen molar-refractivity contribution in [3.05, 3.63) is 59.7 Å². The molecule has 2 rings (SSSR count). The van der Waals surface area contributed by atoms with Gasteiger partial charge in [0, 0.05) is 24.3 Å². The van der Waals surface area contributed by atoms with Gasteiger partial charge >= 0.3 is 0 Å². The zero-order valence-electron chi connectivity index (χ0n) is 14.0. The van der Waals surface area contributed by atoms with Crippen LogP contribution in [0.1, 0.15) is 22.8 Å². The summed E-state index contributed by atoms with van der Waals surface area (Å²) in [5.41, 5.74) is 2.12. The Hall–Kier alpha value is -2.34. The topological polar surface area (TPSA) is 75.3 Å². The summed E-state index contributed by atoms with van der Waals surface area (Å²) in [6, 6.07) is 13.5. The van der Waals surface area contributed by atoms with E-state index in [1.54, 1.807) is 49.5 Å². The Bertz CT molecular complexity index is 817. The van der Waals surface area contributed by atoms with Crippen LogP contribution in [0.5, 0.6) is 0 Å². The fourth-order valence-electron chi connectivity index (χ4n) is 2.53. The number of hydrogen-bond acceptors (Lipinski definition) is 4. The van der Waals surface area contributed by atoms with Crippen LogP contribution in [-0.2, 0) is 9.84 Å². The molecule has 0 aliphatic heterocycles. The maximum Gasteiger partial charge on any atom is 0.251 e. The molecule has 0 saturated carbocycles. The van der Waals surface area contributed by atoms with E-state index < -0.39 is 9.84 Å². The third-order valence-corrected chi connectivity index (χ3v) is 5.71. The highest BCUT2D eigenvalue weighted by molar-refractivity contribution is 7.91.